The molecule has 98 valence electrons. The van der Waals surface area contributed by atoms with E-state index in [2.05, 4.69) is 10.3 Å². The first-order chi connectivity index (χ1) is 8.75. The quantitative estimate of drug-likeness (QED) is 0.889. The number of carboxylic acids is 1. The smallest absolute Gasteiger partial charge is 0.328 e. The van der Waals surface area contributed by atoms with E-state index in [-0.39, 0.29) is 5.92 Å². The van der Waals surface area contributed by atoms with Crippen LogP contribution >= 0.6 is 0 Å². The minimum absolute atomic E-state index is 0.213. The number of nitrogens with zero attached hydrogens (tertiary/aromatic N) is 3. The average Bonchev–Trinajstić information content (AvgIpc) is 3.11. The van der Waals surface area contributed by atoms with E-state index < -0.39 is 12.0 Å². The van der Waals surface area contributed by atoms with Crippen LogP contribution in [0.5, 0.6) is 0 Å². The maximum atomic E-state index is 11.5. The van der Waals surface area contributed by atoms with Crippen molar-refractivity contribution in [2.75, 3.05) is 0 Å². The van der Waals surface area contributed by atoms with E-state index in [0.717, 1.165) is 31.4 Å². The van der Waals surface area contributed by atoms with Crippen LogP contribution in [0.25, 0.3) is 0 Å². The summed E-state index contributed by atoms with van der Waals surface area (Å²) in [5, 5.41) is 17.6. The van der Waals surface area contributed by atoms with Crippen molar-refractivity contribution in [2.45, 2.75) is 56.9 Å². The highest BCUT2D eigenvalue weighted by Crippen LogP contribution is 2.39. The molecule has 0 aliphatic heterocycles. The van der Waals surface area contributed by atoms with Gasteiger partial charge in [-0.3, -0.25) is 0 Å². The van der Waals surface area contributed by atoms with Crippen LogP contribution in [0.4, 0.5) is 0 Å². The molecule has 1 aromatic rings. The second-order valence-electron chi connectivity index (χ2n) is 5.58. The lowest BCUT2D eigenvalue weighted by Crippen LogP contribution is -2.29. The van der Waals surface area contributed by atoms with Crippen molar-refractivity contribution in [1.29, 1.82) is 0 Å². The number of hydrogen-bond acceptors (Lipinski definition) is 3. The molecule has 5 nitrogen and oxygen atoms in total. The molecule has 0 aromatic carbocycles. The molecule has 0 bridgehead atoms. The van der Waals surface area contributed by atoms with Crippen molar-refractivity contribution in [1.82, 2.24) is 15.0 Å². The summed E-state index contributed by atoms with van der Waals surface area (Å²) in [5.74, 6) is -0.0290. The number of rotatable bonds is 4. The second-order valence-corrected chi connectivity index (χ2v) is 5.58. The van der Waals surface area contributed by atoms with E-state index >= 15 is 0 Å². The van der Waals surface area contributed by atoms with Gasteiger partial charge in [0.05, 0.1) is 5.69 Å². The molecule has 1 aromatic heterocycles. The predicted molar refractivity (Wildman–Crippen MR) is 65.2 cm³/mol. The molecular formula is C13H19N3O2. The van der Waals surface area contributed by atoms with Crippen LogP contribution in [-0.2, 0) is 4.79 Å². The van der Waals surface area contributed by atoms with E-state index in [1.807, 2.05) is 6.20 Å². The number of carbonyl (C=O) groups is 1. The summed E-state index contributed by atoms with van der Waals surface area (Å²) < 4.78 is 1.59. The van der Waals surface area contributed by atoms with E-state index in [1.54, 1.807) is 4.68 Å². The molecule has 2 aliphatic carbocycles. The Morgan fingerprint density at radius 3 is 2.61 bits per heavy atom. The minimum atomic E-state index is -0.769. The number of carboxylic acid groups (broad SMARTS) is 1. The van der Waals surface area contributed by atoms with Crippen LogP contribution in [0, 0.1) is 5.92 Å². The van der Waals surface area contributed by atoms with Gasteiger partial charge in [-0.1, -0.05) is 24.5 Å². The zero-order valence-corrected chi connectivity index (χ0v) is 10.5. The number of hydrogen-bond donors (Lipinski definition) is 1. The van der Waals surface area contributed by atoms with Gasteiger partial charge in [-0.15, -0.1) is 5.10 Å². The fourth-order valence-electron chi connectivity index (χ4n) is 2.97. The summed E-state index contributed by atoms with van der Waals surface area (Å²) in [6, 6.07) is -0.523. The third kappa shape index (κ3) is 2.26. The van der Waals surface area contributed by atoms with Gasteiger partial charge in [0, 0.05) is 12.1 Å². The maximum absolute atomic E-state index is 11.5. The Morgan fingerprint density at radius 1 is 1.28 bits per heavy atom. The highest BCUT2D eigenvalue weighted by molar-refractivity contribution is 5.72. The molecule has 0 amide bonds. The van der Waals surface area contributed by atoms with Crippen LogP contribution in [0.2, 0.25) is 0 Å². The standard InChI is InChI=1S/C13H19N3O2/c17-13(18)12(10-4-2-1-3-5-10)16-8-11(14-15-16)9-6-7-9/h8-10,12H,1-7H2,(H,17,18)/t12-/m0/s1. The lowest BCUT2D eigenvalue weighted by atomic mass is 9.84. The molecule has 2 saturated carbocycles. The maximum Gasteiger partial charge on any atom is 0.328 e. The number of aromatic nitrogens is 3. The summed E-state index contributed by atoms with van der Waals surface area (Å²) in [4.78, 5) is 11.5. The summed E-state index contributed by atoms with van der Waals surface area (Å²) >= 11 is 0. The van der Waals surface area contributed by atoms with Gasteiger partial charge >= 0.3 is 5.97 Å². The molecule has 1 N–H and O–H groups in total. The molecule has 0 saturated heterocycles. The molecule has 0 radical (unpaired) electrons. The van der Waals surface area contributed by atoms with Crippen LogP contribution in [-0.4, -0.2) is 26.1 Å². The highest BCUT2D eigenvalue weighted by atomic mass is 16.4. The van der Waals surface area contributed by atoms with E-state index in [1.165, 1.54) is 19.3 Å². The van der Waals surface area contributed by atoms with Gasteiger partial charge < -0.3 is 5.11 Å². The van der Waals surface area contributed by atoms with Crippen molar-refractivity contribution in [3.8, 4) is 0 Å². The summed E-state index contributed by atoms with van der Waals surface area (Å²) in [5.41, 5.74) is 0.969. The zero-order chi connectivity index (χ0) is 12.5. The molecule has 18 heavy (non-hydrogen) atoms. The van der Waals surface area contributed by atoms with E-state index in [0.29, 0.717) is 5.92 Å². The van der Waals surface area contributed by atoms with E-state index in [4.69, 9.17) is 0 Å². The number of aliphatic carboxylic acids is 1. The monoisotopic (exact) mass is 249 g/mol. The Balaban J connectivity index is 1.80. The van der Waals surface area contributed by atoms with E-state index in [9.17, 15) is 9.90 Å². The van der Waals surface area contributed by atoms with Crippen molar-refractivity contribution in [3.05, 3.63) is 11.9 Å². The predicted octanol–water partition coefficient (Wildman–Crippen LogP) is 2.36. The Hall–Kier alpha value is -1.39. The second kappa shape index (κ2) is 4.71. The van der Waals surface area contributed by atoms with Gasteiger partial charge in [-0.25, -0.2) is 9.48 Å². The molecule has 0 spiro atoms. The minimum Gasteiger partial charge on any atom is -0.480 e. The lowest BCUT2D eigenvalue weighted by Gasteiger charge is -2.27. The lowest BCUT2D eigenvalue weighted by molar-refractivity contribution is -0.143. The van der Waals surface area contributed by atoms with Crippen molar-refractivity contribution in [2.24, 2.45) is 5.92 Å². The Bertz CT molecular complexity index is 433. The largest absolute Gasteiger partial charge is 0.480 e. The van der Waals surface area contributed by atoms with Gasteiger partial charge in [0.25, 0.3) is 0 Å². The topological polar surface area (TPSA) is 68.0 Å². The molecule has 0 unspecified atom stereocenters. The Morgan fingerprint density at radius 2 is 2.00 bits per heavy atom. The normalized spacial score (nSPS) is 22.9. The summed E-state index contributed by atoms with van der Waals surface area (Å²) in [7, 11) is 0. The zero-order valence-electron chi connectivity index (χ0n) is 10.5. The van der Waals surface area contributed by atoms with Gasteiger partial charge in [0.2, 0.25) is 0 Å². The Labute approximate surface area is 106 Å². The molecule has 2 aliphatic rings. The van der Waals surface area contributed by atoms with Crippen LogP contribution < -0.4 is 0 Å². The van der Waals surface area contributed by atoms with Gasteiger partial charge in [0.1, 0.15) is 0 Å². The fraction of sp³-hybridized carbons (Fsp3) is 0.769. The Kier molecular flexibility index (Phi) is 3.06. The van der Waals surface area contributed by atoms with Crippen molar-refractivity contribution >= 4 is 5.97 Å². The van der Waals surface area contributed by atoms with Crippen LogP contribution in [0.1, 0.15) is 62.6 Å². The van der Waals surface area contributed by atoms with Crippen molar-refractivity contribution < 1.29 is 9.90 Å². The summed E-state index contributed by atoms with van der Waals surface area (Å²) in [6.07, 6.45) is 9.68. The third-order valence-corrected chi connectivity index (χ3v) is 4.16. The van der Waals surface area contributed by atoms with Crippen molar-refractivity contribution in [3.63, 3.8) is 0 Å². The molecule has 3 rings (SSSR count). The molecule has 2 fully saturated rings. The first-order valence-corrected chi connectivity index (χ1v) is 6.90. The van der Waals surface area contributed by atoms with Crippen LogP contribution in [0.3, 0.4) is 0 Å². The third-order valence-electron chi connectivity index (χ3n) is 4.16. The molecule has 5 heteroatoms. The molecule has 1 atom stereocenters. The average molecular weight is 249 g/mol. The summed E-state index contributed by atoms with van der Waals surface area (Å²) in [6.45, 7) is 0. The SMILES string of the molecule is O=C(O)[C@H](C1CCCCC1)n1cc(C2CC2)nn1. The molecular weight excluding hydrogens is 230 g/mol. The van der Waals surface area contributed by atoms with Crippen LogP contribution in [0.15, 0.2) is 6.20 Å². The first kappa shape index (κ1) is 11.7. The highest BCUT2D eigenvalue weighted by Gasteiger charge is 2.33. The van der Waals surface area contributed by atoms with Gasteiger partial charge in [0.15, 0.2) is 6.04 Å². The van der Waals surface area contributed by atoms with Gasteiger partial charge in [-0.2, -0.15) is 0 Å². The fourth-order valence-corrected chi connectivity index (χ4v) is 2.97. The molecule has 1 heterocycles. The first-order valence-electron chi connectivity index (χ1n) is 6.90. The van der Waals surface area contributed by atoms with Gasteiger partial charge in [-0.05, 0) is 31.6 Å².